The van der Waals surface area contributed by atoms with Crippen molar-refractivity contribution in [3.05, 3.63) is 0 Å². The number of nitrogens with zero attached hydrogens (tertiary/aromatic N) is 2. The van der Waals surface area contributed by atoms with Crippen molar-refractivity contribution in [1.82, 2.24) is 4.67 Å². The number of ether oxygens (including phenoxy) is 2. The summed E-state index contributed by atoms with van der Waals surface area (Å²) in [4.78, 5) is 0. The number of fused-ring (bicyclic) bond motifs is 2. The van der Waals surface area contributed by atoms with Crippen LogP contribution < -0.4 is 0 Å². The van der Waals surface area contributed by atoms with Gasteiger partial charge in [-0.05, 0) is 40.0 Å². The average Bonchev–Trinajstić information content (AvgIpc) is 2.97. The molecule has 2 fully saturated rings. The van der Waals surface area contributed by atoms with Crippen LogP contribution in [0.25, 0.3) is 0 Å². The first kappa shape index (κ1) is 21.4. The topological polar surface area (TPSA) is 54.7 Å². The van der Waals surface area contributed by atoms with Gasteiger partial charge in [0.05, 0.1) is 25.4 Å². The molecule has 0 spiro atoms. The summed E-state index contributed by atoms with van der Waals surface area (Å²) < 4.78 is 20.9. The third-order valence-corrected chi connectivity index (χ3v) is 9.40. The van der Waals surface area contributed by atoms with Gasteiger partial charge in [-0.15, -0.1) is 0 Å². The van der Waals surface area contributed by atoms with Crippen molar-refractivity contribution in [3.8, 4) is 6.07 Å². The molecule has 0 aromatic carbocycles. The van der Waals surface area contributed by atoms with Gasteiger partial charge < -0.3 is 14.0 Å². The van der Waals surface area contributed by atoms with E-state index in [1.165, 1.54) is 0 Å². The molecule has 1 saturated heterocycles. The third-order valence-electron chi connectivity index (χ3n) is 5.05. The highest BCUT2D eigenvalue weighted by Crippen LogP contribution is 2.62. The van der Waals surface area contributed by atoms with Gasteiger partial charge in [-0.2, -0.15) is 5.26 Å². The molecule has 0 N–H and O–H groups in total. The van der Waals surface area contributed by atoms with E-state index in [-0.39, 0.29) is 17.6 Å². The maximum atomic E-state index is 8.91. The van der Waals surface area contributed by atoms with Gasteiger partial charge in [0.15, 0.2) is 7.50 Å². The molecule has 0 radical (unpaired) electrons. The standard InChI is InChI=1S/C18H33N2O3PS/c1-13(2)20(14(3)4)24(25-9-7-8-19)23-17-16-15(5)10-18(17,11-21-6)12-22-16/h13-17H,7,9-12H2,1-6H3. The van der Waals surface area contributed by atoms with Crippen LogP contribution in [0.15, 0.2) is 0 Å². The van der Waals surface area contributed by atoms with Crippen molar-refractivity contribution >= 4 is 18.9 Å². The normalized spacial score (nSPS) is 32.7. The van der Waals surface area contributed by atoms with Gasteiger partial charge in [0, 0.05) is 36.8 Å². The Kier molecular flexibility index (Phi) is 8.01. The number of hydrogen-bond donors (Lipinski definition) is 0. The largest absolute Gasteiger partial charge is 0.384 e. The number of hydrogen-bond acceptors (Lipinski definition) is 6. The maximum Gasteiger partial charge on any atom is 0.170 e. The zero-order valence-corrected chi connectivity index (χ0v) is 18.1. The fourth-order valence-electron chi connectivity index (χ4n) is 4.21. The Bertz CT molecular complexity index is 466. The second-order valence-corrected chi connectivity index (χ2v) is 11.4. The van der Waals surface area contributed by atoms with Gasteiger partial charge >= 0.3 is 0 Å². The second kappa shape index (κ2) is 9.35. The number of methoxy groups -OCH3 is 1. The van der Waals surface area contributed by atoms with Crippen molar-refractivity contribution in [3.63, 3.8) is 0 Å². The van der Waals surface area contributed by atoms with Crippen molar-refractivity contribution in [2.45, 2.75) is 71.8 Å². The van der Waals surface area contributed by atoms with Gasteiger partial charge in [-0.3, -0.25) is 0 Å². The van der Waals surface area contributed by atoms with Gasteiger partial charge in [0.25, 0.3) is 0 Å². The second-order valence-electron chi connectivity index (χ2n) is 7.83. The van der Waals surface area contributed by atoms with Crippen molar-refractivity contribution in [1.29, 1.82) is 5.26 Å². The molecule has 0 aromatic rings. The Hall–Kier alpha value is 0.110. The Morgan fingerprint density at radius 2 is 2.04 bits per heavy atom. The highest BCUT2D eigenvalue weighted by Gasteiger charge is 2.60. The third kappa shape index (κ3) is 4.69. The molecule has 0 aromatic heterocycles. The molecule has 5 nitrogen and oxygen atoms in total. The van der Waals surface area contributed by atoms with Crippen LogP contribution in [0.5, 0.6) is 0 Å². The summed E-state index contributed by atoms with van der Waals surface area (Å²) in [7, 11) is 0.928. The monoisotopic (exact) mass is 388 g/mol. The van der Waals surface area contributed by atoms with Gasteiger partial charge in [-0.25, -0.2) is 4.67 Å². The Morgan fingerprint density at radius 1 is 1.36 bits per heavy atom. The quantitative estimate of drug-likeness (QED) is 0.407. The molecule has 1 heterocycles. The molecule has 2 rings (SSSR count). The zero-order chi connectivity index (χ0) is 18.6. The van der Waals surface area contributed by atoms with Crippen LogP contribution in [-0.4, -0.2) is 55.0 Å². The van der Waals surface area contributed by atoms with Crippen LogP contribution >= 0.6 is 18.9 Å². The average molecular weight is 389 g/mol. The van der Waals surface area contributed by atoms with Crippen molar-refractivity contribution < 1.29 is 14.0 Å². The van der Waals surface area contributed by atoms with Crippen LogP contribution in [0.1, 0.15) is 47.5 Å². The zero-order valence-electron chi connectivity index (χ0n) is 16.4. The molecule has 0 amide bonds. The Morgan fingerprint density at radius 3 is 2.56 bits per heavy atom. The first-order valence-corrected chi connectivity index (χ1v) is 12.0. The minimum absolute atomic E-state index is 0.0190. The first-order chi connectivity index (χ1) is 11.9. The summed E-state index contributed by atoms with van der Waals surface area (Å²) in [6.07, 6.45) is 1.91. The van der Waals surface area contributed by atoms with Crippen LogP contribution in [0.3, 0.4) is 0 Å². The van der Waals surface area contributed by atoms with Crippen LogP contribution in [0.2, 0.25) is 0 Å². The van der Waals surface area contributed by atoms with Gasteiger partial charge in [0.2, 0.25) is 0 Å². The first-order valence-electron chi connectivity index (χ1n) is 9.22. The summed E-state index contributed by atoms with van der Waals surface area (Å²) in [5, 5.41) is 8.91. The van der Waals surface area contributed by atoms with E-state index in [1.54, 1.807) is 18.5 Å². The van der Waals surface area contributed by atoms with E-state index < -0.39 is 7.50 Å². The SMILES string of the molecule is COCC12COC(C(C)C1)C2OP(SCCC#N)N(C(C)C)C(C)C. The summed E-state index contributed by atoms with van der Waals surface area (Å²) in [6.45, 7) is 12.6. The fraction of sp³-hybridized carbons (Fsp3) is 0.944. The minimum atomic E-state index is -0.837. The molecule has 1 aliphatic heterocycles. The molecule has 25 heavy (non-hydrogen) atoms. The van der Waals surface area contributed by atoms with E-state index in [0.29, 0.717) is 31.0 Å². The molecule has 1 saturated carbocycles. The van der Waals surface area contributed by atoms with E-state index >= 15 is 0 Å². The lowest BCUT2D eigenvalue weighted by Crippen LogP contribution is -2.39. The number of nitriles is 1. The lowest BCUT2D eigenvalue weighted by atomic mass is 9.86. The molecular weight excluding hydrogens is 355 g/mol. The lowest BCUT2D eigenvalue weighted by molar-refractivity contribution is -0.0110. The molecular formula is C18H33N2O3PS. The predicted octanol–water partition coefficient (Wildman–Crippen LogP) is 4.44. The smallest absolute Gasteiger partial charge is 0.170 e. The van der Waals surface area contributed by atoms with E-state index in [9.17, 15) is 0 Å². The van der Waals surface area contributed by atoms with E-state index in [2.05, 4.69) is 45.4 Å². The van der Waals surface area contributed by atoms with E-state index in [0.717, 1.165) is 18.8 Å². The Balaban J connectivity index is 2.18. The van der Waals surface area contributed by atoms with E-state index in [4.69, 9.17) is 19.3 Å². The minimum Gasteiger partial charge on any atom is -0.384 e. The van der Waals surface area contributed by atoms with Crippen molar-refractivity contribution in [2.24, 2.45) is 11.3 Å². The summed E-state index contributed by atoms with van der Waals surface area (Å²) in [5.41, 5.74) is -0.0190. The van der Waals surface area contributed by atoms with Crippen LogP contribution in [-0.2, 0) is 14.0 Å². The maximum absolute atomic E-state index is 8.91. The molecule has 7 heteroatoms. The molecule has 2 bridgehead atoms. The van der Waals surface area contributed by atoms with E-state index in [1.807, 2.05) is 0 Å². The fourth-order valence-corrected chi connectivity index (χ4v) is 8.88. The van der Waals surface area contributed by atoms with Crippen molar-refractivity contribution in [2.75, 3.05) is 26.1 Å². The summed E-state index contributed by atoms with van der Waals surface area (Å²) in [6, 6.07) is 3.05. The summed E-state index contributed by atoms with van der Waals surface area (Å²) in [5.74, 6) is 1.31. The summed E-state index contributed by atoms with van der Waals surface area (Å²) >= 11 is 1.80. The lowest BCUT2D eigenvalue weighted by Gasteiger charge is -2.39. The predicted molar refractivity (Wildman–Crippen MR) is 104 cm³/mol. The van der Waals surface area contributed by atoms with Crippen LogP contribution in [0, 0.1) is 22.7 Å². The highest BCUT2D eigenvalue weighted by molar-refractivity contribution is 8.53. The van der Waals surface area contributed by atoms with Gasteiger partial charge in [-0.1, -0.05) is 18.3 Å². The number of rotatable bonds is 10. The molecule has 2 aliphatic rings. The molecule has 1 aliphatic carbocycles. The molecule has 5 atom stereocenters. The molecule has 5 unspecified atom stereocenters. The highest BCUT2D eigenvalue weighted by atomic mass is 32.7. The molecule has 144 valence electrons. The Labute approximate surface area is 158 Å². The van der Waals surface area contributed by atoms with Gasteiger partial charge in [0.1, 0.15) is 6.10 Å². The van der Waals surface area contributed by atoms with Crippen LogP contribution in [0.4, 0.5) is 0 Å².